The number of ether oxygens (including phenoxy) is 3. The third kappa shape index (κ3) is 6.13. The first-order valence-electron chi connectivity index (χ1n) is 9.11. The van der Waals surface area contributed by atoms with E-state index < -0.39 is 4.92 Å². The molecule has 0 amide bonds. The van der Waals surface area contributed by atoms with Crippen LogP contribution >= 0.6 is 0 Å². The van der Waals surface area contributed by atoms with Crippen LogP contribution < -0.4 is 24.8 Å². The molecule has 0 heterocycles. The van der Waals surface area contributed by atoms with Crippen LogP contribution in [0.4, 0.5) is 11.4 Å². The van der Waals surface area contributed by atoms with Crippen molar-refractivity contribution in [1.82, 2.24) is 5.32 Å². The number of nitro groups is 1. The molecule has 0 aliphatic carbocycles. The zero-order chi connectivity index (χ0) is 22.1. The molecule has 2 aromatic carbocycles. The van der Waals surface area contributed by atoms with Crippen molar-refractivity contribution in [2.45, 2.75) is 13.5 Å². The summed E-state index contributed by atoms with van der Waals surface area (Å²) in [6.45, 7) is 6.65. The maximum atomic E-state index is 10.8. The van der Waals surface area contributed by atoms with Crippen molar-refractivity contribution in [3.8, 4) is 17.2 Å². The Kier molecular flexibility index (Phi) is 8.04. The van der Waals surface area contributed by atoms with Gasteiger partial charge in [0.15, 0.2) is 17.5 Å². The first-order valence-corrected chi connectivity index (χ1v) is 9.11. The lowest BCUT2D eigenvalue weighted by Gasteiger charge is -2.17. The van der Waals surface area contributed by atoms with E-state index >= 15 is 0 Å². The monoisotopic (exact) mass is 414 g/mol. The maximum Gasteiger partial charge on any atom is 0.269 e. The molecule has 30 heavy (non-hydrogen) atoms. The third-order valence-electron chi connectivity index (χ3n) is 4.05. The van der Waals surface area contributed by atoms with E-state index in [9.17, 15) is 10.1 Å². The molecule has 0 atom stereocenters. The summed E-state index contributed by atoms with van der Waals surface area (Å²) in [5.74, 6) is 2.01. The Labute approximate surface area is 175 Å². The number of anilines is 1. The molecule has 0 bridgehead atoms. The van der Waals surface area contributed by atoms with E-state index in [-0.39, 0.29) is 5.69 Å². The maximum absolute atomic E-state index is 10.8. The third-order valence-corrected chi connectivity index (χ3v) is 4.05. The number of methoxy groups -OCH3 is 3. The van der Waals surface area contributed by atoms with Crippen molar-refractivity contribution in [2.75, 3.05) is 33.2 Å². The molecule has 2 rings (SSSR count). The van der Waals surface area contributed by atoms with Gasteiger partial charge in [0.25, 0.3) is 5.69 Å². The molecule has 0 spiro atoms. The van der Waals surface area contributed by atoms with Gasteiger partial charge in [0, 0.05) is 36.5 Å². The lowest BCUT2D eigenvalue weighted by molar-refractivity contribution is -0.384. The second kappa shape index (κ2) is 10.7. The summed E-state index contributed by atoms with van der Waals surface area (Å²) >= 11 is 0. The molecule has 9 nitrogen and oxygen atoms in total. The molecule has 0 aliphatic rings. The first-order chi connectivity index (χ1) is 14.4. The van der Waals surface area contributed by atoms with Crippen molar-refractivity contribution in [2.24, 2.45) is 4.99 Å². The minimum absolute atomic E-state index is 0.0407. The highest BCUT2D eigenvalue weighted by molar-refractivity contribution is 5.94. The van der Waals surface area contributed by atoms with Gasteiger partial charge in [-0.05, 0) is 12.5 Å². The topological polar surface area (TPSA) is 107 Å². The molecule has 9 heteroatoms. The number of hydrogen-bond donors (Lipinski definition) is 2. The van der Waals surface area contributed by atoms with Gasteiger partial charge in [-0.3, -0.25) is 10.1 Å². The second-order valence-corrected chi connectivity index (χ2v) is 6.44. The molecular weight excluding hydrogens is 388 g/mol. The first kappa shape index (κ1) is 22.5. The second-order valence-electron chi connectivity index (χ2n) is 6.44. The van der Waals surface area contributed by atoms with E-state index in [0.29, 0.717) is 42.0 Å². The summed E-state index contributed by atoms with van der Waals surface area (Å²) in [5, 5.41) is 17.2. The number of hydrogen-bond acceptors (Lipinski definition) is 6. The molecule has 0 aromatic heterocycles. The van der Waals surface area contributed by atoms with E-state index in [1.54, 1.807) is 45.6 Å². The predicted octanol–water partition coefficient (Wildman–Crippen LogP) is 3.75. The number of rotatable bonds is 9. The highest BCUT2D eigenvalue weighted by Gasteiger charge is 2.14. The number of nitrogens with one attached hydrogen (secondary N) is 2. The molecule has 0 radical (unpaired) electrons. The van der Waals surface area contributed by atoms with Crippen LogP contribution in [-0.2, 0) is 6.54 Å². The van der Waals surface area contributed by atoms with Crippen molar-refractivity contribution in [3.05, 3.63) is 64.2 Å². The summed E-state index contributed by atoms with van der Waals surface area (Å²) in [6.07, 6.45) is 0. The van der Waals surface area contributed by atoms with Crippen LogP contribution in [-0.4, -0.2) is 38.8 Å². The number of nitrogens with zero attached hydrogens (tertiary/aromatic N) is 2. The summed E-state index contributed by atoms with van der Waals surface area (Å²) in [5.41, 5.74) is 2.49. The predicted molar refractivity (Wildman–Crippen MR) is 117 cm³/mol. The Balaban J connectivity index is 2.27. The average Bonchev–Trinajstić information content (AvgIpc) is 2.74. The van der Waals surface area contributed by atoms with E-state index in [0.717, 1.165) is 11.1 Å². The molecule has 0 fully saturated rings. The van der Waals surface area contributed by atoms with Gasteiger partial charge >= 0.3 is 0 Å². The fourth-order valence-electron chi connectivity index (χ4n) is 2.56. The van der Waals surface area contributed by atoms with Crippen molar-refractivity contribution < 1.29 is 19.1 Å². The quantitative estimate of drug-likeness (QED) is 0.211. The Morgan fingerprint density at radius 2 is 1.70 bits per heavy atom. The standard InChI is InChI=1S/C21H26N4O5/c1-14(2)12-22-21(23-13-15-6-8-17(9-7-15)25(26)27)24-16-10-18(28-3)20(30-5)19(11-16)29-4/h6-11H,1,12-13H2,2-5H3,(H2,22,23,24). The number of non-ortho nitro benzene ring substituents is 1. The Morgan fingerprint density at radius 3 is 2.17 bits per heavy atom. The minimum Gasteiger partial charge on any atom is -0.493 e. The number of nitro benzene ring substituents is 1. The molecule has 0 saturated heterocycles. The number of benzene rings is 2. The van der Waals surface area contributed by atoms with Gasteiger partial charge in [0.05, 0.1) is 32.8 Å². The van der Waals surface area contributed by atoms with Crippen molar-refractivity contribution in [3.63, 3.8) is 0 Å². The zero-order valence-electron chi connectivity index (χ0n) is 17.5. The van der Waals surface area contributed by atoms with Crippen LogP contribution in [0.25, 0.3) is 0 Å². The molecule has 0 unspecified atom stereocenters. The Morgan fingerprint density at radius 1 is 1.10 bits per heavy atom. The van der Waals surface area contributed by atoms with E-state index in [1.165, 1.54) is 12.1 Å². The van der Waals surface area contributed by atoms with Crippen molar-refractivity contribution >= 4 is 17.3 Å². The van der Waals surface area contributed by atoms with E-state index in [2.05, 4.69) is 22.2 Å². The summed E-state index contributed by atoms with van der Waals surface area (Å²) in [4.78, 5) is 14.9. The minimum atomic E-state index is -0.432. The summed E-state index contributed by atoms with van der Waals surface area (Å²) in [7, 11) is 4.63. The van der Waals surface area contributed by atoms with Crippen LogP contribution in [0.15, 0.2) is 53.5 Å². The highest BCUT2D eigenvalue weighted by atomic mass is 16.6. The van der Waals surface area contributed by atoms with Gasteiger partial charge in [0.2, 0.25) is 5.75 Å². The summed E-state index contributed by atoms with van der Waals surface area (Å²) in [6, 6.07) is 9.81. The summed E-state index contributed by atoms with van der Waals surface area (Å²) < 4.78 is 16.1. The van der Waals surface area contributed by atoms with Crippen LogP contribution in [0, 0.1) is 10.1 Å². The number of guanidine groups is 1. The zero-order valence-corrected chi connectivity index (χ0v) is 17.5. The van der Waals surface area contributed by atoms with E-state index in [4.69, 9.17) is 14.2 Å². The number of aliphatic imine (C=N–C) groups is 1. The molecule has 0 saturated carbocycles. The lowest BCUT2D eigenvalue weighted by Crippen LogP contribution is -2.32. The lowest BCUT2D eigenvalue weighted by atomic mass is 10.2. The van der Waals surface area contributed by atoms with Crippen LogP contribution in [0.5, 0.6) is 17.2 Å². The highest BCUT2D eigenvalue weighted by Crippen LogP contribution is 2.39. The SMILES string of the molecule is C=C(C)CNC(=NCc1ccc([N+](=O)[O-])cc1)Nc1cc(OC)c(OC)c(OC)c1. The molecule has 2 N–H and O–H groups in total. The van der Waals surface area contributed by atoms with Crippen LogP contribution in [0.2, 0.25) is 0 Å². The van der Waals surface area contributed by atoms with Gasteiger partial charge in [-0.15, -0.1) is 0 Å². The van der Waals surface area contributed by atoms with Crippen LogP contribution in [0.1, 0.15) is 12.5 Å². The molecule has 160 valence electrons. The van der Waals surface area contributed by atoms with Gasteiger partial charge in [-0.2, -0.15) is 0 Å². The molecular formula is C21H26N4O5. The largest absolute Gasteiger partial charge is 0.493 e. The van der Waals surface area contributed by atoms with Gasteiger partial charge in [-0.1, -0.05) is 24.3 Å². The van der Waals surface area contributed by atoms with Crippen LogP contribution in [0.3, 0.4) is 0 Å². The smallest absolute Gasteiger partial charge is 0.269 e. The van der Waals surface area contributed by atoms with Gasteiger partial charge in [0.1, 0.15) is 0 Å². The fraction of sp³-hybridized carbons (Fsp3) is 0.286. The average molecular weight is 414 g/mol. The molecule has 2 aromatic rings. The Hall–Kier alpha value is -3.75. The molecule has 0 aliphatic heterocycles. The van der Waals surface area contributed by atoms with Gasteiger partial charge < -0.3 is 24.8 Å². The van der Waals surface area contributed by atoms with E-state index in [1.807, 2.05) is 6.92 Å². The Bertz CT molecular complexity index is 900. The fourth-order valence-corrected chi connectivity index (χ4v) is 2.56. The normalized spacial score (nSPS) is 10.9. The van der Waals surface area contributed by atoms with Gasteiger partial charge in [-0.25, -0.2) is 4.99 Å². The van der Waals surface area contributed by atoms with Crippen molar-refractivity contribution in [1.29, 1.82) is 0 Å².